The van der Waals surface area contributed by atoms with Crippen molar-refractivity contribution in [3.63, 3.8) is 0 Å². The van der Waals surface area contributed by atoms with Gasteiger partial charge in [-0.15, -0.1) is 11.3 Å². The molecule has 0 aliphatic carbocycles. The molecule has 0 radical (unpaired) electrons. The van der Waals surface area contributed by atoms with E-state index in [0.29, 0.717) is 11.4 Å². The number of para-hydroxylation sites is 1. The molecule has 0 atom stereocenters. The van der Waals surface area contributed by atoms with E-state index in [4.69, 9.17) is 0 Å². The smallest absolute Gasteiger partial charge is 0.319 e. The number of amides is 1. The minimum atomic E-state index is -4.52. The van der Waals surface area contributed by atoms with Gasteiger partial charge >= 0.3 is 6.18 Å². The van der Waals surface area contributed by atoms with Crippen LogP contribution in [0.1, 0.15) is 15.9 Å². The molecule has 4 rings (SSSR count). The molecule has 4 nitrogen and oxygen atoms in total. The lowest BCUT2D eigenvalue weighted by Gasteiger charge is -2.09. The number of rotatable bonds is 4. The number of carbonyl (C=O) groups is 1. The first kappa shape index (κ1) is 18.9. The fourth-order valence-corrected chi connectivity index (χ4v) is 3.53. The van der Waals surface area contributed by atoms with Crippen molar-refractivity contribution in [3.05, 3.63) is 89.4 Å². The lowest BCUT2D eigenvalue weighted by Crippen LogP contribution is -2.14. The number of carbonyl (C=O) groups excluding carboxylic acids is 1. The van der Waals surface area contributed by atoms with Crippen LogP contribution in [0.2, 0.25) is 0 Å². The normalized spacial score (nSPS) is 11.4. The number of hydrogen-bond acceptors (Lipinski definition) is 3. The summed E-state index contributed by atoms with van der Waals surface area (Å²) in [7, 11) is 0. The number of thiophene rings is 1. The van der Waals surface area contributed by atoms with Crippen LogP contribution in [0, 0.1) is 0 Å². The van der Waals surface area contributed by atoms with Gasteiger partial charge in [-0.1, -0.05) is 30.3 Å². The minimum absolute atomic E-state index is 0.0792. The fraction of sp³-hybridized carbons (Fsp3) is 0.0476. The molecule has 2 aromatic carbocycles. The van der Waals surface area contributed by atoms with Crippen LogP contribution in [0.3, 0.4) is 0 Å². The highest BCUT2D eigenvalue weighted by Crippen LogP contribution is 2.32. The number of halogens is 3. The summed E-state index contributed by atoms with van der Waals surface area (Å²) in [4.78, 5) is 13.5. The summed E-state index contributed by atoms with van der Waals surface area (Å²) in [5.41, 5.74) is 0.806. The average molecular weight is 413 g/mol. The van der Waals surface area contributed by atoms with Gasteiger partial charge in [-0.2, -0.15) is 18.3 Å². The highest BCUT2D eigenvalue weighted by Gasteiger charge is 2.31. The quantitative estimate of drug-likeness (QED) is 0.455. The fourth-order valence-electron chi connectivity index (χ4n) is 2.80. The first-order chi connectivity index (χ1) is 13.9. The Morgan fingerprint density at radius 3 is 2.48 bits per heavy atom. The zero-order chi connectivity index (χ0) is 20.4. The summed E-state index contributed by atoms with van der Waals surface area (Å²) in [5.74, 6) is -0.637. The van der Waals surface area contributed by atoms with Crippen molar-refractivity contribution in [2.75, 3.05) is 5.32 Å². The maximum Gasteiger partial charge on any atom is 0.416 e. The molecule has 2 heterocycles. The molecule has 1 N–H and O–H groups in total. The van der Waals surface area contributed by atoms with Crippen molar-refractivity contribution >= 4 is 22.9 Å². The van der Waals surface area contributed by atoms with Crippen LogP contribution in [0.4, 0.5) is 18.9 Å². The molecule has 2 aromatic heterocycles. The van der Waals surface area contributed by atoms with Crippen molar-refractivity contribution in [3.8, 4) is 16.3 Å². The Morgan fingerprint density at radius 1 is 1.00 bits per heavy atom. The van der Waals surface area contributed by atoms with Crippen LogP contribution in [-0.2, 0) is 6.18 Å². The Balaban J connectivity index is 1.69. The van der Waals surface area contributed by atoms with Gasteiger partial charge in [0.05, 0.1) is 28.0 Å². The van der Waals surface area contributed by atoms with Gasteiger partial charge in [0.25, 0.3) is 5.91 Å². The Morgan fingerprint density at radius 2 is 1.79 bits per heavy atom. The predicted octanol–water partition coefficient (Wildman–Crippen LogP) is 5.87. The highest BCUT2D eigenvalue weighted by atomic mass is 32.1. The van der Waals surface area contributed by atoms with Crippen molar-refractivity contribution in [2.45, 2.75) is 6.18 Å². The van der Waals surface area contributed by atoms with Crippen molar-refractivity contribution in [2.24, 2.45) is 0 Å². The van der Waals surface area contributed by atoms with E-state index >= 15 is 0 Å². The molecule has 146 valence electrons. The molecule has 0 unspecified atom stereocenters. The summed E-state index contributed by atoms with van der Waals surface area (Å²) >= 11 is 1.45. The second kappa shape index (κ2) is 7.56. The number of benzene rings is 2. The number of nitrogens with one attached hydrogen (secondary N) is 1. The summed E-state index contributed by atoms with van der Waals surface area (Å²) in [6.07, 6.45) is -2.87. The van der Waals surface area contributed by atoms with E-state index in [1.807, 2.05) is 47.8 Å². The Bertz CT molecular complexity index is 1140. The molecule has 0 spiro atoms. The first-order valence-corrected chi connectivity index (χ1v) is 9.47. The molecular weight excluding hydrogens is 399 g/mol. The van der Waals surface area contributed by atoms with Crippen LogP contribution in [0.15, 0.2) is 78.3 Å². The molecule has 0 bridgehead atoms. The van der Waals surface area contributed by atoms with Crippen molar-refractivity contribution in [1.82, 2.24) is 9.78 Å². The largest absolute Gasteiger partial charge is 0.416 e. The van der Waals surface area contributed by atoms with E-state index in [0.717, 1.165) is 22.7 Å². The van der Waals surface area contributed by atoms with Crippen LogP contribution in [0.5, 0.6) is 0 Å². The topological polar surface area (TPSA) is 46.9 Å². The molecule has 0 saturated heterocycles. The van der Waals surface area contributed by atoms with Gasteiger partial charge in [0.15, 0.2) is 0 Å². The molecule has 8 heteroatoms. The van der Waals surface area contributed by atoms with Crippen LogP contribution >= 0.6 is 11.3 Å². The Kier molecular flexibility index (Phi) is 4.94. The van der Waals surface area contributed by atoms with Crippen LogP contribution in [-0.4, -0.2) is 15.7 Å². The number of anilines is 1. The highest BCUT2D eigenvalue weighted by molar-refractivity contribution is 7.13. The SMILES string of the molecule is O=C(Nc1cn(-c2ccccc2)nc1-c1cccs1)c1cccc(C(F)(F)F)c1. The molecular formula is C21H14F3N3OS. The van der Waals surface area contributed by atoms with E-state index in [1.165, 1.54) is 23.5 Å². The van der Waals surface area contributed by atoms with Gasteiger partial charge in [-0.25, -0.2) is 4.68 Å². The maximum absolute atomic E-state index is 13.0. The second-order valence-corrected chi connectivity index (χ2v) is 7.13. The van der Waals surface area contributed by atoms with Gasteiger partial charge in [0, 0.05) is 5.56 Å². The zero-order valence-electron chi connectivity index (χ0n) is 14.9. The number of nitrogens with zero attached hydrogens (tertiary/aromatic N) is 2. The van der Waals surface area contributed by atoms with E-state index in [9.17, 15) is 18.0 Å². The Labute approximate surface area is 168 Å². The average Bonchev–Trinajstić information content (AvgIpc) is 3.38. The maximum atomic E-state index is 13.0. The summed E-state index contributed by atoms with van der Waals surface area (Å²) in [6, 6.07) is 17.4. The molecule has 0 saturated carbocycles. The van der Waals surface area contributed by atoms with Gasteiger partial charge in [0.1, 0.15) is 5.69 Å². The minimum Gasteiger partial charge on any atom is -0.319 e. The standard InChI is InChI=1S/C21H14F3N3OS/c22-21(23,24)15-7-4-6-14(12-15)20(28)25-17-13-27(16-8-2-1-3-9-16)26-19(17)18-10-5-11-29-18/h1-13H,(H,25,28). The van der Waals surface area contributed by atoms with Crippen LogP contribution in [0.25, 0.3) is 16.3 Å². The molecule has 0 aliphatic heterocycles. The Hall–Kier alpha value is -3.39. The molecule has 0 fully saturated rings. The lowest BCUT2D eigenvalue weighted by molar-refractivity contribution is -0.137. The van der Waals surface area contributed by atoms with E-state index < -0.39 is 17.6 Å². The van der Waals surface area contributed by atoms with Gasteiger partial charge in [0.2, 0.25) is 0 Å². The van der Waals surface area contributed by atoms with E-state index in [-0.39, 0.29) is 5.56 Å². The van der Waals surface area contributed by atoms with Gasteiger partial charge in [-0.05, 0) is 41.8 Å². The third-order valence-electron chi connectivity index (χ3n) is 4.19. The summed E-state index contributed by atoms with van der Waals surface area (Å²) in [5, 5.41) is 9.14. The summed E-state index contributed by atoms with van der Waals surface area (Å²) in [6.45, 7) is 0. The lowest BCUT2D eigenvalue weighted by atomic mass is 10.1. The number of hydrogen-bond donors (Lipinski definition) is 1. The third kappa shape index (κ3) is 4.07. The zero-order valence-corrected chi connectivity index (χ0v) is 15.7. The van der Waals surface area contributed by atoms with Gasteiger partial charge < -0.3 is 5.32 Å². The predicted molar refractivity (Wildman–Crippen MR) is 106 cm³/mol. The second-order valence-electron chi connectivity index (χ2n) is 6.18. The third-order valence-corrected chi connectivity index (χ3v) is 5.07. The van der Waals surface area contributed by atoms with Crippen LogP contribution < -0.4 is 5.32 Å². The summed E-state index contributed by atoms with van der Waals surface area (Å²) < 4.78 is 40.5. The van der Waals surface area contributed by atoms with Gasteiger partial charge in [-0.3, -0.25) is 4.79 Å². The van der Waals surface area contributed by atoms with E-state index in [1.54, 1.807) is 10.9 Å². The van der Waals surface area contributed by atoms with Crippen molar-refractivity contribution in [1.29, 1.82) is 0 Å². The molecule has 29 heavy (non-hydrogen) atoms. The molecule has 1 amide bonds. The first-order valence-electron chi connectivity index (χ1n) is 8.59. The van der Waals surface area contributed by atoms with Crippen molar-refractivity contribution < 1.29 is 18.0 Å². The number of alkyl halides is 3. The molecule has 0 aliphatic rings. The molecule has 4 aromatic rings. The number of aromatic nitrogens is 2. The monoisotopic (exact) mass is 413 g/mol. The van der Waals surface area contributed by atoms with E-state index in [2.05, 4.69) is 10.4 Å².